The first-order valence-electron chi connectivity index (χ1n) is 3.91. The lowest BCUT2D eigenvalue weighted by molar-refractivity contribution is 0.476. The molecule has 0 aliphatic carbocycles. The molecule has 0 spiro atoms. The molecular weight excluding hydrogens is 166 g/mol. The van der Waals surface area contributed by atoms with E-state index < -0.39 is 0 Å². The maximum Gasteiger partial charge on any atom is 0.161 e. The molecule has 1 aromatic heterocycles. The van der Waals surface area contributed by atoms with Crippen molar-refractivity contribution in [3.8, 4) is 17.1 Å². The molecule has 0 amide bonds. The van der Waals surface area contributed by atoms with E-state index in [-0.39, 0.29) is 5.75 Å². The third-order valence-electron chi connectivity index (χ3n) is 1.86. The number of nitrogens with zero attached hydrogens (tertiary/aromatic N) is 3. The Morgan fingerprint density at radius 2 is 2.08 bits per heavy atom. The normalized spacial score (nSPS) is 10.2. The van der Waals surface area contributed by atoms with Crippen molar-refractivity contribution in [3.05, 3.63) is 30.6 Å². The van der Waals surface area contributed by atoms with Gasteiger partial charge in [0.2, 0.25) is 0 Å². The highest BCUT2D eigenvalue weighted by Crippen LogP contribution is 2.25. The summed E-state index contributed by atoms with van der Waals surface area (Å²) in [5.41, 5.74) is 0.697. The predicted octanol–water partition coefficient (Wildman–Crippen LogP) is 1.19. The highest BCUT2D eigenvalue weighted by molar-refractivity contribution is 5.63. The van der Waals surface area contributed by atoms with Crippen molar-refractivity contribution >= 4 is 0 Å². The van der Waals surface area contributed by atoms with E-state index in [2.05, 4.69) is 10.1 Å². The maximum atomic E-state index is 9.53. The van der Waals surface area contributed by atoms with Crippen LogP contribution >= 0.6 is 0 Å². The van der Waals surface area contributed by atoms with Gasteiger partial charge in [-0.15, -0.1) is 0 Å². The molecule has 1 aromatic carbocycles. The molecule has 0 aliphatic heterocycles. The molecule has 66 valence electrons. The molecule has 13 heavy (non-hydrogen) atoms. The zero-order chi connectivity index (χ0) is 9.26. The Bertz CT molecular complexity index is 422. The first-order valence-corrected chi connectivity index (χ1v) is 3.91. The van der Waals surface area contributed by atoms with Gasteiger partial charge >= 0.3 is 0 Å². The highest BCUT2D eigenvalue weighted by Gasteiger charge is 2.07. The Kier molecular flexibility index (Phi) is 1.73. The molecule has 0 saturated heterocycles. The van der Waals surface area contributed by atoms with Crippen LogP contribution in [0.5, 0.6) is 5.75 Å². The molecular formula is C9H9N3O. The fraction of sp³-hybridized carbons (Fsp3) is 0.111. The molecule has 0 fully saturated rings. The maximum absolute atomic E-state index is 9.53. The second-order valence-electron chi connectivity index (χ2n) is 2.72. The van der Waals surface area contributed by atoms with E-state index in [0.717, 1.165) is 0 Å². The van der Waals surface area contributed by atoms with Gasteiger partial charge in [-0.2, -0.15) is 5.10 Å². The monoisotopic (exact) mass is 175 g/mol. The summed E-state index contributed by atoms with van der Waals surface area (Å²) < 4.78 is 1.62. The average Bonchev–Trinajstić information content (AvgIpc) is 2.52. The van der Waals surface area contributed by atoms with Gasteiger partial charge in [0.1, 0.15) is 12.1 Å². The molecule has 0 atom stereocenters. The first kappa shape index (κ1) is 7.79. The fourth-order valence-corrected chi connectivity index (χ4v) is 1.20. The van der Waals surface area contributed by atoms with Gasteiger partial charge in [-0.3, -0.25) is 0 Å². The van der Waals surface area contributed by atoms with Crippen LogP contribution in [0.1, 0.15) is 0 Å². The number of hydrogen-bond donors (Lipinski definition) is 1. The van der Waals surface area contributed by atoms with Crippen molar-refractivity contribution in [1.29, 1.82) is 0 Å². The summed E-state index contributed by atoms with van der Waals surface area (Å²) in [6.45, 7) is 0. The second-order valence-corrected chi connectivity index (χ2v) is 2.72. The van der Waals surface area contributed by atoms with Crippen LogP contribution in [0.4, 0.5) is 0 Å². The minimum atomic E-state index is 0.221. The number of phenols is 1. The van der Waals surface area contributed by atoms with Crippen LogP contribution in [0, 0.1) is 0 Å². The van der Waals surface area contributed by atoms with Crippen LogP contribution in [0.3, 0.4) is 0 Å². The fourth-order valence-electron chi connectivity index (χ4n) is 1.20. The number of benzene rings is 1. The van der Waals surface area contributed by atoms with Crippen molar-refractivity contribution in [2.75, 3.05) is 0 Å². The Hall–Kier alpha value is -1.84. The number of rotatable bonds is 1. The lowest BCUT2D eigenvalue weighted by atomic mass is 10.2. The van der Waals surface area contributed by atoms with Crippen molar-refractivity contribution < 1.29 is 5.11 Å². The van der Waals surface area contributed by atoms with Crippen LogP contribution in [0.15, 0.2) is 30.6 Å². The minimum absolute atomic E-state index is 0.221. The Morgan fingerprint density at radius 1 is 1.31 bits per heavy atom. The molecule has 0 bridgehead atoms. The smallest absolute Gasteiger partial charge is 0.161 e. The van der Waals surface area contributed by atoms with Gasteiger partial charge in [0.05, 0.1) is 5.56 Å². The van der Waals surface area contributed by atoms with E-state index in [1.807, 2.05) is 6.07 Å². The van der Waals surface area contributed by atoms with E-state index in [1.165, 1.54) is 6.33 Å². The summed E-state index contributed by atoms with van der Waals surface area (Å²) in [4.78, 5) is 4.04. The third-order valence-corrected chi connectivity index (χ3v) is 1.86. The average molecular weight is 175 g/mol. The molecule has 1 heterocycles. The van der Waals surface area contributed by atoms with Crippen LogP contribution in [-0.4, -0.2) is 19.9 Å². The molecule has 4 nitrogen and oxygen atoms in total. The van der Waals surface area contributed by atoms with Crippen molar-refractivity contribution in [2.45, 2.75) is 0 Å². The van der Waals surface area contributed by atoms with E-state index in [9.17, 15) is 5.11 Å². The second kappa shape index (κ2) is 2.90. The molecule has 0 radical (unpaired) electrons. The van der Waals surface area contributed by atoms with Gasteiger partial charge in [0.15, 0.2) is 5.82 Å². The lowest BCUT2D eigenvalue weighted by Gasteiger charge is -2.01. The van der Waals surface area contributed by atoms with E-state index in [4.69, 9.17) is 0 Å². The molecule has 1 N–H and O–H groups in total. The first-order chi connectivity index (χ1) is 6.29. The number of hydrogen-bond acceptors (Lipinski definition) is 3. The van der Waals surface area contributed by atoms with Crippen LogP contribution in [0.25, 0.3) is 11.4 Å². The van der Waals surface area contributed by atoms with Gasteiger partial charge < -0.3 is 5.11 Å². The molecule has 2 aromatic rings. The summed E-state index contributed by atoms with van der Waals surface area (Å²) in [5, 5.41) is 13.5. The highest BCUT2D eigenvalue weighted by atomic mass is 16.3. The SMILES string of the molecule is Cn1ncnc1-c1ccccc1O. The quantitative estimate of drug-likeness (QED) is 0.708. The summed E-state index contributed by atoms with van der Waals surface area (Å²) in [6, 6.07) is 7.06. The van der Waals surface area contributed by atoms with Gasteiger partial charge in [-0.1, -0.05) is 12.1 Å². The summed E-state index contributed by atoms with van der Waals surface area (Å²) in [7, 11) is 1.79. The van der Waals surface area contributed by atoms with Crippen molar-refractivity contribution in [3.63, 3.8) is 0 Å². The van der Waals surface area contributed by atoms with E-state index in [1.54, 1.807) is 29.9 Å². The van der Waals surface area contributed by atoms with Gasteiger partial charge in [-0.25, -0.2) is 9.67 Å². The van der Waals surface area contributed by atoms with E-state index in [0.29, 0.717) is 11.4 Å². The number of aromatic nitrogens is 3. The number of aryl methyl sites for hydroxylation is 1. The van der Waals surface area contributed by atoms with Gasteiger partial charge in [0, 0.05) is 7.05 Å². The van der Waals surface area contributed by atoms with Gasteiger partial charge in [-0.05, 0) is 12.1 Å². The standard InChI is InChI=1S/C9H9N3O/c1-12-9(10-6-11-12)7-4-2-3-5-8(7)13/h2-6,13H,1H3. The molecule has 0 aliphatic rings. The number of para-hydroxylation sites is 1. The lowest BCUT2D eigenvalue weighted by Crippen LogP contribution is -1.94. The molecule has 0 saturated carbocycles. The molecule has 2 rings (SSSR count). The number of aromatic hydroxyl groups is 1. The zero-order valence-corrected chi connectivity index (χ0v) is 7.18. The minimum Gasteiger partial charge on any atom is -0.507 e. The summed E-state index contributed by atoms with van der Waals surface area (Å²) in [5.74, 6) is 0.886. The Morgan fingerprint density at radius 3 is 2.69 bits per heavy atom. The van der Waals surface area contributed by atoms with Crippen molar-refractivity contribution in [1.82, 2.24) is 14.8 Å². The summed E-state index contributed by atoms with van der Waals surface area (Å²) >= 11 is 0. The molecule has 0 unspecified atom stereocenters. The van der Waals surface area contributed by atoms with Crippen LogP contribution < -0.4 is 0 Å². The molecule has 4 heteroatoms. The number of phenolic OH excluding ortho intramolecular Hbond substituents is 1. The summed E-state index contributed by atoms with van der Waals surface area (Å²) in [6.07, 6.45) is 1.46. The van der Waals surface area contributed by atoms with Crippen LogP contribution in [0.2, 0.25) is 0 Å². The van der Waals surface area contributed by atoms with E-state index >= 15 is 0 Å². The predicted molar refractivity (Wildman–Crippen MR) is 48.1 cm³/mol. The Labute approximate surface area is 75.5 Å². The van der Waals surface area contributed by atoms with Gasteiger partial charge in [0.25, 0.3) is 0 Å². The van der Waals surface area contributed by atoms with Crippen LogP contribution in [-0.2, 0) is 7.05 Å². The Balaban J connectivity index is 2.59. The largest absolute Gasteiger partial charge is 0.507 e. The third kappa shape index (κ3) is 1.26. The zero-order valence-electron chi connectivity index (χ0n) is 7.18. The van der Waals surface area contributed by atoms with Crippen molar-refractivity contribution in [2.24, 2.45) is 7.05 Å². The topological polar surface area (TPSA) is 50.9 Å².